The summed E-state index contributed by atoms with van der Waals surface area (Å²) in [4.78, 5) is 0. The van der Waals surface area contributed by atoms with Crippen LogP contribution in [0.3, 0.4) is 0 Å². The lowest BCUT2D eigenvalue weighted by atomic mass is 10.0. The predicted octanol–water partition coefficient (Wildman–Crippen LogP) is 4.65. The molecule has 0 saturated heterocycles. The summed E-state index contributed by atoms with van der Waals surface area (Å²) in [6.45, 7) is 3.54. The molecule has 0 aliphatic carbocycles. The first-order valence-corrected chi connectivity index (χ1v) is 7.70. The van der Waals surface area contributed by atoms with Crippen LogP contribution in [0, 0.1) is 0 Å². The third-order valence-electron chi connectivity index (χ3n) is 3.71. The summed E-state index contributed by atoms with van der Waals surface area (Å²) in [6, 6.07) is 12.5. The summed E-state index contributed by atoms with van der Waals surface area (Å²) in [7, 11) is 0. The largest absolute Gasteiger partial charge is 0.493 e. The summed E-state index contributed by atoms with van der Waals surface area (Å²) in [5, 5.41) is 2.43. The Morgan fingerprint density at radius 1 is 0.950 bits per heavy atom. The van der Waals surface area contributed by atoms with Crippen LogP contribution >= 0.6 is 0 Å². The van der Waals surface area contributed by atoms with Gasteiger partial charge < -0.3 is 10.5 Å². The van der Waals surface area contributed by atoms with Crippen molar-refractivity contribution in [2.24, 2.45) is 5.73 Å². The van der Waals surface area contributed by atoms with Crippen LogP contribution in [-0.4, -0.2) is 6.61 Å². The maximum absolute atomic E-state index is 5.94. The summed E-state index contributed by atoms with van der Waals surface area (Å²) in [6.07, 6.45) is 6.28. The highest BCUT2D eigenvalue weighted by atomic mass is 16.5. The lowest BCUT2D eigenvalue weighted by Gasteiger charge is -2.13. The molecule has 0 aliphatic rings. The van der Waals surface area contributed by atoms with Crippen LogP contribution in [0.1, 0.15) is 44.6 Å². The molecular weight excluding hydrogens is 246 g/mol. The number of rotatable bonds is 8. The number of fused-ring (bicyclic) bond motifs is 1. The first-order valence-electron chi connectivity index (χ1n) is 7.70. The van der Waals surface area contributed by atoms with Crippen LogP contribution in [0.25, 0.3) is 10.8 Å². The molecule has 0 spiro atoms. The van der Waals surface area contributed by atoms with Crippen LogP contribution in [0.4, 0.5) is 0 Å². The Morgan fingerprint density at radius 2 is 1.75 bits per heavy atom. The lowest BCUT2D eigenvalue weighted by molar-refractivity contribution is 0.302. The monoisotopic (exact) mass is 271 g/mol. The molecule has 2 rings (SSSR count). The van der Waals surface area contributed by atoms with Gasteiger partial charge in [-0.3, -0.25) is 0 Å². The number of ether oxygens (including phenoxy) is 1. The quantitative estimate of drug-likeness (QED) is 0.709. The first kappa shape index (κ1) is 14.9. The molecular formula is C18H25NO. The fourth-order valence-corrected chi connectivity index (χ4v) is 2.55. The zero-order valence-electron chi connectivity index (χ0n) is 12.4. The number of hydrogen-bond donors (Lipinski definition) is 1. The highest BCUT2D eigenvalue weighted by molar-refractivity contribution is 5.87. The van der Waals surface area contributed by atoms with Crippen molar-refractivity contribution in [1.82, 2.24) is 0 Å². The van der Waals surface area contributed by atoms with Gasteiger partial charge in [-0.1, -0.05) is 62.9 Å². The number of nitrogens with two attached hydrogens (primary N) is 1. The summed E-state index contributed by atoms with van der Waals surface area (Å²) in [5.41, 5.74) is 7.03. The molecule has 0 saturated carbocycles. The van der Waals surface area contributed by atoms with E-state index in [0.717, 1.165) is 24.3 Å². The molecule has 0 atom stereocenters. The van der Waals surface area contributed by atoms with E-state index in [1.54, 1.807) is 0 Å². The third-order valence-corrected chi connectivity index (χ3v) is 3.71. The highest BCUT2D eigenvalue weighted by Crippen LogP contribution is 2.27. The molecule has 108 valence electrons. The van der Waals surface area contributed by atoms with Gasteiger partial charge in [0, 0.05) is 12.1 Å². The molecule has 0 amide bonds. The molecule has 0 fully saturated rings. The zero-order chi connectivity index (χ0) is 14.2. The minimum absolute atomic E-state index is 0.520. The zero-order valence-corrected chi connectivity index (χ0v) is 12.4. The summed E-state index contributed by atoms with van der Waals surface area (Å²) < 4.78 is 5.94. The highest BCUT2D eigenvalue weighted by Gasteiger charge is 2.06. The number of unbranched alkanes of at least 4 members (excludes halogenated alkanes) is 4. The van der Waals surface area contributed by atoms with Gasteiger partial charge in [0.25, 0.3) is 0 Å². The van der Waals surface area contributed by atoms with Gasteiger partial charge in [0.05, 0.1) is 6.61 Å². The van der Waals surface area contributed by atoms with E-state index in [2.05, 4.69) is 43.3 Å². The summed E-state index contributed by atoms with van der Waals surface area (Å²) in [5.74, 6) is 0.946. The average Bonchev–Trinajstić information content (AvgIpc) is 2.50. The molecule has 0 unspecified atom stereocenters. The molecule has 0 bridgehead atoms. The predicted molar refractivity (Wildman–Crippen MR) is 86.1 cm³/mol. The molecule has 0 radical (unpaired) electrons. The molecule has 2 heteroatoms. The maximum atomic E-state index is 5.94. The molecule has 2 aromatic rings. The third kappa shape index (κ3) is 3.73. The molecule has 0 aliphatic heterocycles. The van der Waals surface area contributed by atoms with Gasteiger partial charge in [-0.25, -0.2) is 0 Å². The molecule has 0 heterocycles. The normalized spacial score (nSPS) is 10.9. The molecule has 2 N–H and O–H groups in total. The van der Waals surface area contributed by atoms with Crippen molar-refractivity contribution < 1.29 is 4.74 Å². The van der Waals surface area contributed by atoms with E-state index in [0.29, 0.717) is 6.54 Å². The van der Waals surface area contributed by atoms with Crippen molar-refractivity contribution in [3.8, 4) is 5.75 Å². The second-order valence-corrected chi connectivity index (χ2v) is 5.23. The van der Waals surface area contributed by atoms with Crippen molar-refractivity contribution in [3.63, 3.8) is 0 Å². The van der Waals surface area contributed by atoms with Gasteiger partial charge >= 0.3 is 0 Å². The Morgan fingerprint density at radius 3 is 2.55 bits per heavy atom. The van der Waals surface area contributed by atoms with E-state index >= 15 is 0 Å². The molecule has 2 aromatic carbocycles. The van der Waals surface area contributed by atoms with Gasteiger partial charge in [0.2, 0.25) is 0 Å². The van der Waals surface area contributed by atoms with E-state index in [-0.39, 0.29) is 0 Å². The fourth-order valence-electron chi connectivity index (χ4n) is 2.55. The van der Waals surface area contributed by atoms with E-state index in [1.807, 2.05) is 0 Å². The average molecular weight is 271 g/mol. The van der Waals surface area contributed by atoms with Crippen molar-refractivity contribution in [1.29, 1.82) is 0 Å². The Hall–Kier alpha value is -1.54. The molecule has 2 nitrogen and oxygen atoms in total. The molecule has 0 aromatic heterocycles. The van der Waals surface area contributed by atoms with Crippen molar-refractivity contribution in [2.45, 2.75) is 45.6 Å². The topological polar surface area (TPSA) is 35.2 Å². The van der Waals surface area contributed by atoms with Gasteiger partial charge in [-0.05, 0) is 23.3 Å². The Labute approximate surface area is 121 Å². The van der Waals surface area contributed by atoms with Crippen LogP contribution in [0.15, 0.2) is 36.4 Å². The van der Waals surface area contributed by atoms with Gasteiger partial charge in [0.15, 0.2) is 0 Å². The Bertz CT molecular complexity index is 536. The number of benzene rings is 2. The van der Waals surface area contributed by atoms with Crippen molar-refractivity contribution in [3.05, 3.63) is 42.0 Å². The van der Waals surface area contributed by atoms with Crippen LogP contribution in [0.2, 0.25) is 0 Å². The van der Waals surface area contributed by atoms with Crippen molar-refractivity contribution in [2.75, 3.05) is 6.61 Å². The van der Waals surface area contributed by atoms with Gasteiger partial charge in [-0.2, -0.15) is 0 Å². The molecule has 20 heavy (non-hydrogen) atoms. The maximum Gasteiger partial charge on any atom is 0.124 e. The van der Waals surface area contributed by atoms with E-state index in [1.165, 1.54) is 36.5 Å². The fraction of sp³-hybridized carbons (Fsp3) is 0.444. The summed E-state index contributed by atoms with van der Waals surface area (Å²) >= 11 is 0. The second kappa shape index (κ2) is 7.91. The van der Waals surface area contributed by atoms with Crippen LogP contribution < -0.4 is 10.5 Å². The standard InChI is InChI=1S/C18H25NO/c1-2-3-4-5-8-13-20-18-12-11-15-9-6-7-10-16(15)17(18)14-19/h6-7,9-12H,2-5,8,13-14,19H2,1H3. The Kier molecular flexibility index (Phi) is 5.87. The van der Waals surface area contributed by atoms with E-state index in [9.17, 15) is 0 Å². The first-order chi connectivity index (χ1) is 9.86. The van der Waals surface area contributed by atoms with Crippen LogP contribution in [-0.2, 0) is 6.54 Å². The van der Waals surface area contributed by atoms with Gasteiger partial charge in [0.1, 0.15) is 5.75 Å². The van der Waals surface area contributed by atoms with E-state index < -0.39 is 0 Å². The van der Waals surface area contributed by atoms with Crippen LogP contribution in [0.5, 0.6) is 5.75 Å². The minimum Gasteiger partial charge on any atom is -0.493 e. The van der Waals surface area contributed by atoms with Gasteiger partial charge in [-0.15, -0.1) is 0 Å². The smallest absolute Gasteiger partial charge is 0.124 e. The minimum atomic E-state index is 0.520. The number of hydrogen-bond acceptors (Lipinski definition) is 2. The van der Waals surface area contributed by atoms with Crippen molar-refractivity contribution >= 4 is 10.8 Å². The Balaban J connectivity index is 1.99. The SMILES string of the molecule is CCCCCCCOc1ccc2ccccc2c1CN. The van der Waals surface area contributed by atoms with E-state index in [4.69, 9.17) is 10.5 Å². The lowest BCUT2D eigenvalue weighted by Crippen LogP contribution is -2.04. The second-order valence-electron chi connectivity index (χ2n) is 5.23.